The van der Waals surface area contributed by atoms with Crippen molar-refractivity contribution in [1.82, 2.24) is 0 Å². The molecule has 0 aromatic heterocycles. The summed E-state index contributed by atoms with van der Waals surface area (Å²) in [6, 6.07) is 0. The molecule has 0 atom stereocenters. The van der Waals surface area contributed by atoms with E-state index < -0.39 is 0 Å². The van der Waals surface area contributed by atoms with E-state index in [1.807, 2.05) is 69.2 Å². The van der Waals surface area contributed by atoms with Crippen molar-refractivity contribution in [2.75, 3.05) is 26.9 Å². The molecule has 0 radical (unpaired) electrons. The predicted molar refractivity (Wildman–Crippen MR) is 168 cm³/mol. The first kappa shape index (κ1) is 45.7. The van der Waals surface area contributed by atoms with Crippen LogP contribution in [0.15, 0.2) is 0 Å². The topological polar surface area (TPSA) is 141 Å². The summed E-state index contributed by atoms with van der Waals surface area (Å²) in [4.78, 5) is 53.3. The van der Waals surface area contributed by atoms with Gasteiger partial charge in [-0.2, -0.15) is 0 Å². The van der Waals surface area contributed by atoms with Gasteiger partial charge >= 0.3 is 29.8 Å². The van der Waals surface area contributed by atoms with E-state index in [-0.39, 0.29) is 77.7 Å². The highest BCUT2D eigenvalue weighted by Crippen LogP contribution is 2.22. The summed E-state index contributed by atoms with van der Waals surface area (Å²) in [6.45, 7) is 25.4. The third kappa shape index (κ3) is 26.9. The van der Waals surface area contributed by atoms with Gasteiger partial charge in [-0.1, -0.05) is 69.2 Å². The molecular weight excluding hydrogens is 572 g/mol. The maximum Gasteiger partial charge on any atom is 0.308 e. The van der Waals surface area contributed by atoms with E-state index in [0.29, 0.717) is 19.8 Å². The van der Waals surface area contributed by atoms with Gasteiger partial charge in [0.25, 0.3) is 0 Å². The average molecular weight is 635 g/mol. The van der Waals surface area contributed by atoms with Crippen molar-refractivity contribution in [2.45, 2.75) is 128 Å². The fourth-order valence-electron chi connectivity index (χ4n) is 2.28. The third-order valence-electron chi connectivity index (χ3n) is 5.42. The lowest BCUT2D eigenvalue weighted by atomic mass is 9.96. The molecule has 11 nitrogen and oxygen atoms in total. The molecular formula is C33H62O11. The zero-order valence-corrected chi connectivity index (χ0v) is 29.9. The molecule has 0 bridgehead atoms. The lowest BCUT2D eigenvalue weighted by Crippen LogP contribution is -2.38. The lowest BCUT2D eigenvalue weighted by molar-refractivity contribution is -0.175. The number of methoxy groups -OCH3 is 1. The maximum absolute atomic E-state index is 10.9. The lowest BCUT2D eigenvalue weighted by Gasteiger charge is -2.26. The smallest absolute Gasteiger partial charge is 0.308 e. The summed E-state index contributed by atoms with van der Waals surface area (Å²) in [5.41, 5.74) is 0. The zero-order chi connectivity index (χ0) is 35.0. The Bertz CT molecular complexity index is 762. The van der Waals surface area contributed by atoms with Crippen LogP contribution >= 0.6 is 0 Å². The van der Waals surface area contributed by atoms with Gasteiger partial charge in [0.15, 0.2) is 0 Å². The molecule has 2 rings (SSSR count). The van der Waals surface area contributed by atoms with E-state index in [1.165, 1.54) is 13.5 Å². The first-order valence-electron chi connectivity index (χ1n) is 15.7. The number of rotatable bonds is 9. The second kappa shape index (κ2) is 26.7. The Balaban J connectivity index is -0.000000481. The fourth-order valence-corrected chi connectivity index (χ4v) is 2.28. The standard InChI is InChI=1S/C8H14O2.C7H12O3.C7H14O2.C6H12O2.C5H10O2/c1-6(2)8(9)10-7-4-3-5-7;1-5(2)7(8)10-6-3-9-4-6;1-5(2)7(8)9-6(3)4;1-4-8-6(7)5(2)3;1-4(2)5(6)7-3/h6-7H,3-5H2,1-2H3;5-6H,3-4H2,1-2H3;5-6H,1-4H3;5H,4H2,1-3H3;4H,1-3H3. The van der Waals surface area contributed by atoms with Crippen LogP contribution in [0.25, 0.3) is 0 Å². The normalized spacial score (nSPS) is 13.8. The monoisotopic (exact) mass is 634 g/mol. The number of hydrogen-bond donors (Lipinski definition) is 0. The van der Waals surface area contributed by atoms with E-state index >= 15 is 0 Å². The van der Waals surface area contributed by atoms with Gasteiger partial charge in [-0.25, -0.2) is 0 Å². The van der Waals surface area contributed by atoms with Crippen LogP contribution in [0.2, 0.25) is 0 Å². The van der Waals surface area contributed by atoms with Gasteiger partial charge in [0, 0.05) is 0 Å². The molecule has 0 N–H and O–H groups in total. The van der Waals surface area contributed by atoms with E-state index in [4.69, 9.17) is 18.9 Å². The Morgan fingerprint density at radius 3 is 1.14 bits per heavy atom. The molecule has 0 aromatic carbocycles. The van der Waals surface area contributed by atoms with Gasteiger partial charge in [-0.15, -0.1) is 0 Å². The van der Waals surface area contributed by atoms with Gasteiger partial charge < -0.3 is 28.4 Å². The maximum atomic E-state index is 10.9. The zero-order valence-electron chi connectivity index (χ0n) is 29.9. The molecule has 0 amide bonds. The van der Waals surface area contributed by atoms with Crippen LogP contribution in [0.4, 0.5) is 0 Å². The van der Waals surface area contributed by atoms with Gasteiger partial charge in [-0.05, 0) is 40.0 Å². The fraction of sp³-hybridized carbons (Fsp3) is 0.848. The van der Waals surface area contributed by atoms with Crippen LogP contribution in [0, 0.1) is 29.6 Å². The number of carbonyl (C=O) groups is 5. The van der Waals surface area contributed by atoms with Crippen molar-refractivity contribution in [3.8, 4) is 0 Å². The first-order valence-corrected chi connectivity index (χ1v) is 15.7. The Kier molecular flexibility index (Phi) is 27.7. The third-order valence-corrected chi connectivity index (χ3v) is 5.42. The SMILES string of the molecule is CC(C)C(=O)OC1CCC1.CC(C)C(=O)OC1COC1.CC(C)OC(=O)C(C)C.CCOC(=O)C(C)C.COC(=O)C(C)C. The molecule has 1 aliphatic carbocycles. The molecule has 1 aliphatic heterocycles. The Hall–Kier alpha value is -2.69. The minimum atomic E-state index is -0.153. The highest BCUT2D eigenvalue weighted by molar-refractivity contribution is 5.73. The van der Waals surface area contributed by atoms with Crippen molar-refractivity contribution < 1.29 is 52.4 Å². The number of esters is 5. The molecule has 44 heavy (non-hydrogen) atoms. The van der Waals surface area contributed by atoms with Gasteiger partial charge in [0.1, 0.15) is 12.2 Å². The van der Waals surface area contributed by atoms with Gasteiger partial charge in [0.05, 0.1) is 62.6 Å². The summed E-state index contributed by atoms with van der Waals surface area (Å²) in [5, 5.41) is 0. The van der Waals surface area contributed by atoms with Crippen molar-refractivity contribution in [3.05, 3.63) is 0 Å². The van der Waals surface area contributed by atoms with Crippen LogP contribution in [-0.2, 0) is 52.4 Å². The number of hydrogen-bond acceptors (Lipinski definition) is 11. The van der Waals surface area contributed by atoms with Crippen LogP contribution in [0.5, 0.6) is 0 Å². The summed E-state index contributed by atoms with van der Waals surface area (Å²) in [6.07, 6.45) is 3.64. The Morgan fingerprint density at radius 1 is 0.591 bits per heavy atom. The number of carbonyl (C=O) groups excluding carboxylic acids is 5. The van der Waals surface area contributed by atoms with Gasteiger partial charge in [0.2, 0.25) is 0 Å². The minimum absolute atomic E-state index is 0.00463. The summed E-state index contributed by atoms with van der Waals surface area (Å²) in [5.74, 6) is -0.566. The second-order valence-corrected chi connectivity index (χ2v) is 12.1. The second-order valence-electron chi connectivity index (χ2n) is 12.1. The summed E-state index contributed by atoms with van der Waals surface area (Å²) in [7, 11) is 1.39. The van der Waals surface area contributed by atoms with Crippen LogP contribution in [-0.4, -0.2) is 75.1 Å². The van der Waals surface area contributed by atoms with E-state index in [0.717, 1.165) is 12.8 Å². The van der Waals surface area contributed by atoms with E-state index in [2.05, 4.69) is 9.47 Å². The molecule has 2 aliphatic rings. The molecule has 1 saturated heterocycles. The molecule has 0 unspecified atom stereocenters. The molecule has 0 spiro atoms. The Labute approximate surface area is 266 Å². The van der Waals surface area contributed by atoms with Crippen LogP contribution in [0.1, 0.15) is 109 Å². The summed E-state index contributed by atoms with van der Waals surface area (Å²) >= 11 is 0. The molecule has 1 heterocycles. The van der Waals surface area contributed by atoms with Gasteiger partial charge in [-0.3, -0.25) is 24.0 Å². The summed E-state index contributed by atoms with van der Waals surface area (Å²) < 4.78 is 28.8. The highest BCUT2D eigenvalue weighted by atomic mass is 16.6. The van der Waals surface area contributed by atoms with Crippen LogP contribution < -0.4 is 0 Å². The quantitative estimate of drug-likeness (QED) is 0.220. The van der Waals surface area contributed by atoms with Crippen molar-refractivity contribution in [1.29, 1.82) is 0 Å². The molecule has 260 valence electrons. The molecule has 1 saturated carbocycles. The average Bonchev–Trinajstić information content (AvgIpc) is 2.88. The van der Waals surface area contributed by atoms with E-state index in [1.54, 1.807) is 20.8 Å². The predicted octanol–water partition coefficient (Wildman–Crippen LogP) is 5.94. The largest absolute Gasteiger partial charge is 0.469 e. The van der Waals surface area contributed by atoms with Crippen LogP contribution in [0.3, 0.4) is 0 Å². The Morgan fingerprint density at radius 2 is 0.977 bits per heavy atom. The highest BCUT2D eigenvalue weighted by Gasteiger charge is 2.24. The molecule has 0 aromatic rings. The minimum Gasteiger partial charge on any atom is -0.469 e. The van der Waals surface area contributed by atoms with E-state index in [9.17, 15) is 24.0 Å². The first-order chi connectivity index (χ1) is 20.3. The molecule has 2 fully saturated rings. The van der Waals surface area contributed by atoms with Crippen molar-refractivity contribution in [2.24, 2.45) is 29.6 Å². The number of ether oxygens (including phenoxy) is 6. The molecule has 11 heteroatoms. The van der Waals surface area contributed by atoms with Crippen molar-refractivity contribution in [3.63, 3.8) is 0 Å². The van der Waals surface area contributed by atoms with Crippen molar-refractivity contribution >= 4 is 29.8 Å².